The zero-order chi connectivity index (χ0) is 28.2. The van der Waals surface area contributed by atoms with Crippen molar-refractivity contribution in [2.24, 2.45) is 5.92 Å². The zero-order valence-corrected chi connectivity index (χ0v) is 23.9. The Balaban J connectivity index is 1.04. The van der Waals surface area contributed by atoms with Gasteiger partial charge in [-0.2, -0.15) is 0 Å². The number of aryl methyl sites for hydroxylation is 2. The number of ether oxygens (including phenoxy) is 1. The average Bonchev–Trinajstić information content (AvgIpc) is 3.01. The first-order chi connectivity index (χ1) is 20.0. The first-order valence-corrected chi connectivity index (χ1v) is 15.5. The maximum atomic E-state index is 13.5. The summed E-state index contributed by atoms with van der Waals surface area (Å²) in [5, 5.41) is 16.2. The van der Waals surface area contributed by atoms with E-state index in [1.54, 1.807) is 0 Å². The van der Waals surface area contributed by atoms with Crippen molar-refractivity contribution in [2.75, 3.05) is 49.5 Å². The van der Waals surface area contributed by atoms with Gasteiger partial charge in [-0.3, -0.25) is 9.59 Å². The molecule has 3 N–H and O–H groups in total. The minimum atomic E-state index is -0.914. The van der Waals surface area contributed by atoms with Gasteiger partial charge >= 0.3 is 5.97 Å². The van der Waals surface area contributed by atoms with Gasteiger partial charge < -0.3 is 30.3 Å². The van der Waals surface area contributed by atoms with Crippen LogP contribution in [0.3, 0.4) is 0 Å². The second-order valence-corrected chi connectivity index (χ2v) is 12.2. The summed E-state index contributed by atoms with van der Waals surface area (Å²) in [5.74, 6) is -0.0482. The minimum Gasteiger partial charge on any atom is -0.481 e. The van der Waals surface area contributed by atoms with Gasteiger partial charge in [-0.1, -0.05) is 18.2 Å². The van der Waals surface area contributed by atoms with E-state index in [0.717, 1.165) is 107 Å². The molecule has 1 aromatic carbocycles. The number of amides is 1. The third-order valence-electron chi connectivity index (χ3n) is 9.22. The fraction of sp³-hybridized carbons (Fsp3) is 0.594. The van der Waals surface area contributed by atoms with Crippen LogP contribution in [0.1, 0.15) is 67.8 Å². The Morgan fingerprint density at radius 3 is 2.88 bits per heavy atom. The van der Waals surface area contributed by atoms with Gasteiger partial charge in [0.25, 0.3) is 0 Å². The lowest BCUT2D eigenvalue weighted by Crippen LogP contribution is -2.54. The number of carboxylic acids is 1. The summed E-state index contributed by atoms with van der Waals surface area (Å²) in [7, 11) is 0. The van der Waals surface area contributed by atoms with E-state index in [1.165, 1.54) is 5.56 Å². The van der Waals surface area contributed by atoms with Crippen LogP contribution >= 0.6 is 0 Å². The number of carboxylic acid groups (broad SMARTS) is 1. The molecule has 5 aliphatic heterocycles. The zero-order valence-electron chi connectivity index (χ0n) is 23.9. The summed E-state index contributed by atoms with van der Waals surface area (Å²) in [6.45, 7) is 5.23. The quantitative estimate of drug-likeness (QED) is 0.402. The lowest BCUT2D eigenvalue weighted by atomic mass is 9.94. The van der Waals surface area contributed by atoms with Crippen LogP contribution in [0.5, 0.6) is 0 Å². The Kier molecular flexibility index (Phi) is 8.72. The van der Waals surface area contributed by atoms with Crippen LogP contribution in [-0.2, 0) is 27.2 Å². The molecule has 4 fully saturated rings. The van der Waals surface area contributed by atoms with Gasteiger partial charge in [-0.15, -0.1) is 0 Å². The minimum absolute atomic E-state index is 0.0424. The first kappa shape index (κ1) is 28.0. The summed E-state index contributed by atoms with van der Waals surface area (Å²) in [6, 6.07) is 12.2. The van der Waals surface area contributed by atoms with Crippen LogP contribution in [0.2, 0.25) is 0 Å². The maximum Gasteiger partial charge on any atom is 0.305 e. The number of fused-ring (bicyclic) bond motifs is 4. The van der Waals surface area contributed by atoms with E-state index < -0.39 is 12.0 Å². The van der Waals surface area contributed by atoms with Gasteiger partial charge in [0.2, 0.25) is 5.91 Å². The lowest BCUT2D eigenvalue weighted by Gasteiger charge is -2.46. The van der Waals surface area contributed by atoms with E-state index >= 15 is 0 Å². The van der Waals surface area contributed by atoms with Crippen molar-refractivity contribution >= 4 is 23.4 Å². The summed E-state index contributed by atoms with van der Waals surface area (Å²) in [4.78, 5) is 34.8. The van der Waals surface area contributed by atoms with Gasteiger partial charge in [0.05, 0.1) is 37.1 Å². The highest BCUT2D eigenvalue weighted by Gasteiger charge is 2.35. The molecule has 0 radical (unpaired) electrons. The number of anilines is 2. The van der Waals surface area contributed by atoms with Crippen molar-refractivity contribution in [3.8, 4) is 0 Å². The molecule has 0 spiro atoms. The van der Waals surface area contributed by atoms with Crippen molar-refractivity contribution < 1.29 is 19.4 Å². The van der Waals surface area contributed by atoms with Crippen molar-refractivity contribution in [1.82, 2.24) is 15.2 Å². The van der Waals surface area contributed by atoms with Crippen LogP contribution < -0.4 is 15.5 Å². The molecule has 4 atom stereocenters. The normalized spacial score (nSPS) is 24.8. The molecule has 0 aliphatic carbocycles. The summed E-state index contributed by atoms with van der Waals surface area (Å²) in [5.41, 5.74) is 4.36. The van der Waals surface area contributed by atoms with E-state index in [1.807, 2.05) is 12.1 Å². The molecule has 7 rings (SSSR count). The predicted octanol–water partition coefficient (Wildman–Crippen LogP) is 3.78. The van der Waals surface area contributed by atoms with Crippen LogP contribution in [0.4, 0.5) is 11.5 Å². The second-order valence-electron chi connectivity index (χ2n) is 12.2. The molecule has 5 aliphatic rings. The van der Waals surface area contributed by atoms with Gasteiger partial charge in [-0.05, 0) is 93.8 Å². The van der Waals surface area contributed by atoms with E-state index in [0.29, 0.717) is 12.6 Å². The van der Waals surface area contributed by atoms with E-state index in [4.69, 9.17) is 9.72 Å². The topological polar surface area (TPSA) is 107 Å². The number of carbonyl (C=O) groups excluding carboxylic acids is 1. The van der Waals surface area contributed by atoms with E-state index in [2.05, 4.69) is 44.7 Å². The summed E-state index contributed by atoms with van der Waals surface area (Å²) >= 11 is 0. The Labute approximate surface area is 242 Å². The Hall–Kier alpha value is -3.17. The van der Waals surface area contributed by atoms with Gasteiger partial charge in [0.1, 0.15) is 5.82 Å². The van der Waals surface area contributed by atoms with Gasteiger partial charge in [0.15, 0.2) is 0 Å². The molecule has 2 bridgehead atoms. The monoisotopic (exact) mass is 561 g/mol. The number of benzene rings is 1. The Morgan fingerprint density at radius 2 is 2.07 bits per heavy atom. The number of nitrogens with one attached hydrogen (secondary N) is 2. The van der Waals surface area contributed by atoms with E-state index in [-0.39, 0.29) is 24.3 Å². The van der Waals surface area contributed by atoms with Gasteiger partial charge in [0, 0.05) is 31.0 Å². The number of aliphatic carboxylic acids is 1. The summed E-state index contributed by atoms with van der Waals surface area (Å²) < 4.78 is 5.87. The van der Waals surface area contributed by atoms with Crippen molar-refractivity contribution in [3.63, 3.8) is 0 Å². The van der Waals surface area contributed by atoms with E-state index in [9.17, 15) is 14.7 Å². The van der Waals surface area contributed by atoms with Crippen LogP contribution in [0.15, 0.2) is 36.4 Å². The fourth-order valence-electron chi connectivity index (χ4n) is 6.97. The van der Waals surface area contributed by atoms with Crippen molar-refractivity contribution in [3.05, 3.63) is 53.2 Å². The third-order valence-corrected chi connectivity index (χ3v) is 9.22. The second kappa shape index (κ2) is 12.8. The number of nitrogens with zero attached hydrogens (tertiary/aromatic N) is 3. The maximum absolute atomic E-state index is 13.5. The molecular formula is C32H43N5O4. The first-order valence-electron chi connectivity index (χ1n) is 15.5. The molecule has 41 heavy (non-hydrogen) atoms. The number of rotatable bonds is 10. The smallest absolute Gasteiger partial charge is 0.305 e. The van der Waals surface area contributed by atoms with Crippen molar-refractivity contribution in [1.29, 1.82) is 0 Å². The molecule has 0 unspecified atom stereocenters. The Morgan fingerprint density at radius 1 is 1.15 bits per heavy atom. The van der Waals surface area contributed by atoms with Gasteiger partial charge in [-0.25, -0.2) is 4.98 Å². The Bertz CT molecular complexity index is 1230. The third kappa shape index (κ3) is 6.84. The number of carbonyl (C=O) groups is 2. The SMILES string of the molecule is O=C(O)C[C@H](NC(=O)[C@@H]1CCCN(CCCc2ccc3c(n2)NCCC3)C1)c1cccc(N2C[C@@H]3CC[C@H]2CO3)c1. The molecular weight excluding hydrogens is 518 g/mol. The largest absolute Gasteiger partial charge is 0.481 e. The fourth-order valence-corrected chi connectivity index (χ4v) is 6.97. The summed E-state index contributed by atoms with van der Waals surface area (Å²) in [6.07, 6.45) is 8.32. The lowest BCUT2D eigenvalue weighted by molar-refractivity contribution is -0.138. The predicted molar refractivity (Wildman–Crippen MR) is 158 cm³/mol. The van der Waals surface area contributed by atoms with Crippen LogP contribution in [0.25, 0.3) is 0 Å². The number of hydrogen-bond acceptors (Lipinski definition) is 7. The van der Waals surface area contributed by atoms with Crippen LogP contribution in [0, 0.1) is 5.92 Å². The molecule has 9 heteroatoms. The molecule has 0 saturated carbocycles. The highest BCUT2D eigenvalue weighted by molar-refractivity contribution is 5.80. The molecule has 2 aromatic rings. The molecule has 1 amide bonds. The van der Waals surface area contributed by atoms with Crippen molar-refractivity contribution in [2.45, 2.75) is 76.0 Å². The average molecular weight is 562 g/mol. The number of piperidine rings is 2. The molecule has 6 heterocycles. The standard InChI is InChI=1S/C32H43N5O4/c38-30(39)18-29(23-5-1-9-26(17-23)37-20-28-13-12-27(37)21-41-28)35-32(40)24-7-3-15-36(19-24)16-4-8-25-11-10-22-6-2-14-33-31(22)34-25/h1,5,9-11,17,24,27-29H,2-4,6-8,12-16,18-21H2,(H,33,34)(H,35,40)(H,38,39)/t24-,27+,28+,29+/m1/s1. The molecule has 9 nitrogen and oxygen atoms in total. The number of hydrogen-bond donors (Lipinski definition) is 3. The number of morpholine rings is 1. The molecule has 1 aromatic heterocycles. The van der Waals surface area contributed by atoms with Crippen LogP contribution in [-0.4, -0.2) is 78.3 Å². The molecule has 220 valence electrons. The number of likely N-dealkylation sites (tertiary alicyclic amines) is 1. The highest BCUT2D eigenvalue weighted by Crippen LogP contribution is 2.33. The molecule has 4 saturated heterocycles. The highest BCUT2D eigenvalue weighted by atomic mass is 16.5. The number of aromatic nitrogens is 1. The number of pyridine rings is 1.